The monoisotopic (exact) mass is 342 g/mol. The van der Waals surface area contributed by atoms with Gasteiger partial charge >= 0.3 is 0 Å². The van der Waals surface area contributed by atoms with E-state index in [0.717, 1.165) is 29.1 Å². The molecule has 26 heavy (non-hydrogen) atoms. The fourth-order valence-electron chi connectivity index (χ4n) is 2.74. The van der Waals surface area contributed by atoms with Crippen LogP contribution in [0.25, 0.3) is 16.9 Å². The smallest absolute Gasteiger partial charge is 0.177 e. The van der Waals surface area contributed by atoms with E-state index in [1.165, 1.54) is 5.57 Å². The highest BCUT2D eigenvalue weighted by Gasteiger charge is 2.10. The molecule has 0 bridgehead atoms. The Bertz CT molecular complexity index is 1010. The number of aromatic nitrogens is 5. The lowest BCUT2D eigenvalue weighted by Gasteiger charge is -2.05. The van der Waals surface area contributed by atoms with Gasteiger partial charge < -0.3 is 0 Å². The summed E-state index contributed by atoms with van der Waals surface area (Å²) in [6, 6.07) is 7.77. The predicted molar refractivity (Wildman–Crippen MR) is 102 cm³/mol. The summed E-state index contributed by atoms with van der Waals surface area (Å²) >= 11 is 0. The van der Waals surface area contributed by atoms with Crippen molar-refractivity contribution in [3.8, 4) is 11.3 Å². The van der Waals surface area contributed by atoms with Gasteiger partial charge in [-0.05, 0) is 36.8 Å². The standard InChI is InChI=1S/C20H18N6/c1-3-11-21-12-4-2-7-16(6-1)14-20-24-23-19-10-9-18(25-26(19)20)17-8-5-13-22-15-17/h1-6,8-10,12-13,15H,7,11,14H2/b3-1-,4-2?,16-6+,21-12?. The first-order valence-corrected chi connectivity index (χ1v) is 8.51. The van der Waals surface area contributed by atoms with Crippen molar-refractivity contribution in [1.29, 1.82) is 0 Å². The summed E-state index contributed by atoms with van der Waals surface area (Å²) in [6.45, 7) is 0.692. The van der Waals surface area contributed by atoms with Crippen molar-refractivity contribution >= 4 is 11.9 Å². The third kappa shape index (κ3) is 3.64. The number of aliphatic imine (C=N–C) groups is 1. The van der Waals surface area contributed by atoms with Crippen LogP contribution in [0.3, 0.4) is 0 Å². The maximum Gasteiger partial charge on any atom is 0.177 e. The topological polar surface area (TPSA) is 68.3 Å². The van der Waals surface area contributed by atoms with Crippen molar-refractivity contribution in [2.45, 2.75) is 12.8 Å². The molecule has 0 spiro atoms. The Morgan fingerprint density at radius 2 is 2.04 bits per heavy atom. The number of pyridine rings is 1. The van der Waals surface area contributed by atoms with Gasteiger partial charge in [0.2, 0.25) is 0 Å². The average molecular weight is 342 g/mol. The molecule has 1 aliphatic heterocycles. The predicted octanol–water partition coefficient (Wildman–Crippen LogP) is 3.24. The third-order valence-corrected chi connectivity index (χ3v) is 4.06. The van der Waals surface area contributed by atoms with Crippen LogP contribution < -0.4 is 0 Å². The number of allylic oxidation sites excluding steroid dienone is 5. The van der Waals surface area contributed by atoms with Crippen LogP contribution in [-0.4, -0.2) is 37.6 Å². The van der Waals surface area contributed by atoms with Crippen molar-refractivity contribution in [3.63, 3.8) is 0 Å². The van der Waals surface area contributed by atoms with E-state index >= 15 is 0 Å². The normalized spacial score (nSPS) is 17.8. The lowest BCUT2D eigenvalue weighted by Crippen LogP contribution is -2.02. The minimum atomic E-state index is 0.691. The van der Waals surface area contributed by atoms with Gasteiger partial charge in [0.15, 0.2) is 11.5 Å². The molecule has 0 N–H and O–H groups in total. The van der Waals surface area contributed by atoms with Crippen molar-refractivity contribution in [3.05, 3.63) is 78.4 Å². The van der Waals surface area contributed by atoms with Crippen LogP contribution in [0.2, 0.25) is 0 Å². The summed E-state index contributed by atoms with van der Waals surface area (Å²) in [7, 11) is 0. The lowest BCUT2D eigenvalue weighted by atomic mass is 10.1. The zero-order valence-electron chi connectivity index (χ0n) is 14.2. The molecule has 0 atom stereocenters. The molecule has 0 unspecified atom stereocenters. The van der Waals surface area contributed by atoms with E-state index < -0.39 is 0 Å². The van der Waals surface area contributed by atoms with Gasteiger partial charge in [0.25, 0.3) is 0 Å². The van der Waals surface area contributed by atoms with Crippen LogP contribution in [0.5, 0.6) is 0 Å². The summed E-state index contributed by atoms with van der Waals surface area (Å²) in [6.07, 6.45) is 17.2. The second kappa shape index (κ2) is 7.65. The Morgan fingerprint density at radius 3 is 2.96 bits per heavy atom. The van der Waals surface area contributed by atoms with E-state index in [4.69, 9.17) is 5.10 Å². The first-order valence-electron chi connectivity index (χ1n) is 8.51. The highest BCUT2D eigenvalue weighted by Crippen LogP contribution is 2.17. The molecule has 6 nitrogen and oxygen atoms in total. The molecule has 3 aromatic rings. The van der Waals surface area contributed by atoms with Crippen molar-refractivity contribution in [2.24, 2.45) is 4.99 Å². The number of hydrogen-bond donors (Lipinski definition) is 0. The fourth-order valence-corrected chi connectivity index (χ4v) is 2.74. The number of fused-ring (bicyclic) bond motifs is 1. The molecule has 0 aliphatic carbocycles. The first kappa shape index (κ1) is 16.1. The number of rotatable bonds is 3. The van der Waals surface area contributed by atoms with Crippen LogP contribution >= 0.6 is 0 Å². The van der Waals surface area contributed by atoms with Gasteiger partial charge in [-0.1, -0.05) is 29.9 Å². The van der Waals surface area contributed by atoms with Gasteiger partial charge in [0.1, 0.15) is 0 Å². The average Bonchev–Trinajstić information content (AvgIpc) is 3.09. The molecule has 3 aromatic heterocycles. The quantitative estimate of drug-likeness (QED) is 0.733. The van der Waals surface area contributed by atoms with Crippen LogP contribution in [-0.2, 0) is 6.42 Å². The van der Waals surface area contributed by atoms with Crippen LogP contribution in [0.15, 0.2) is 77.6 Å². The molecular formula is C20H18N6. The van der Waals surface area contributed by atoms with Gasteiger partial charge in [-0.3, -0.25) is 9.98 Å². The Balaban J connectivity index is 1.66. The minimum Gasteiger partial charge on any atom is -0.289 e. The highest BCUT2D eigenvalue weighted by molar-refractivity contribution is 5.71. The molecule has 0 amide bonds. The molecular weight excluding hydrogens is 324 g/mol. The molecule has 0 saturated carbocycles. The summed E-state index contributed by atoms with van der Waals surface area (Å²) in [5.74, 6) is 0.824. The van der Waals surface area contributed by atoms with Crippen LogP contribution in [0, 0.1) is 0 Å². The first-order chi connectivity index (χ1) is 12.9. The number of nitrogens with zero attached hydrogens (tertiary/aromatic N) is 6. The van der Waals surface area contributed by atoms with Gasteiger partial charge in [-0.2, -0.15) is 9.61 Å². The summed E-state index contributed by atoms with van der Waals surface area (Å²) in [4.78, 5) is 8.41. The summed E-state index contributed by atoms with van der Waals surface area (Å²) in [5.41, 5.74) is 3.81. The molecule has 0 radical (unpaired) electrons. The minimum absolute atomic E-state index is 0.691. The maximum absolute atomic E-state index is 4.71. The zero-order chi connectivity index (χ0) is 17.6. The molecule has 0 aromatic carbocycles. The van der Waals surface area contributed by atoms with Crippen molar-refractivity contribution in [2.75, 3.05) is 6.54 Å². The van der Waals surface area contributed by atoms with Crippen LogP contribution in [0.4, 0.5) is 0 Å². The van der Waals surface area contributed by atoms with E-state index in [0.29, 0.717) is 13.0 Å². The van der Waals surface area contributed by atoms with Crippen molar-refractivity contribution in [1.82, 2.24) is 24.8 Å². The van der Waals surface area contributed by atoms with Crippen molar-refractivity contribution < 1.29 is 0 Å². The third-order valence-electron chi connectivity index (χ3n) is 4.06. The second-order valence-corrected chi connectivity index (χ2v) is 5.92. The van der Waals surface area contributed by atoms with Crippen LogP contribution in [0.1, 0.15) is 12.2 Å². The molecule has 0 fully saturated rings. The van der Waals surface area contributed by atoms with E-state index in [-0.39, 0.29) is 0 Å². The van der Waals surface area contributed by atoms with Gasteiger partial charge in [-0.25, -0.2) is 0 Å². The molecule has 0 saturated heterocycles. The second-order valence-electron chi connectivity index (χ2n) is 5.92. The maximum atomic E-state index is 4.71. The largest absolute Gasteiger partial charge is 0.289 e. The SMILES string of the molecule is C1=CC/C(Cc2nnc3ccc(-c4cccnc4)nn23)=C\C=C/CN=C1. The van der Waals surface area contributed by atoms with E-state index in [2.05, 4.69) is 32.3 Å². The molecule has 6 heteroatoms. The van der Waals surface area contributed by atoms with Gasteiger partial charge in [0.05, 0.1) is 12.2 Å². The Hall–Kier alpha value is -3.41. The highest BCUT2D eigenvalue weighted by atomic mass is 15.4. The zero-order valence-corrected chi connectivity index (χ0v) is 14.2. The van der Waals surface area contributed by atoms with Gasteiger partial charge in [-0.15, -0.1) is 10.2 Å². The Labute approximate surface area is 151 Å². The van der Waals surface area contributed by atoms with E-state index in [1.807, 2.05) is 53.2 Å². The Morgan fingerprint density at radius 1 is 1.04 bits per heavy atom. The molecule has 4 rings (SSSR count). The van der Waals surface area contributed by atoms with E-state index in [1.54, 1.807) is 12.4 Å². The molecule has 128 valence electrons. The summed E-state index contributed by atoms with van der Waals surface area (Å²) < 4.78 is 1.82. The lowest BCUT2D eigenvalue weighted by molar-refractivity contribution is 0.827. The number of hydrogen-bond acceptors (Lipinski definition) is 5. The fraction of sp³-hybridized carbons (Fsp3) is 0.150. The Kier molecular flexibility index (Phi) is 4.73. The summed E-state index contributed by atoms with van der Waals surface area (Å²) in [5, 5.41) is 13.3. The van der Waals surface area contributed by atoms with E-state index in [9.17, 15) is 0 Å². The molecule has 4 heterocycles. The van der Waals surface area contributed by atoms with Gasteiger partial charge in [0, 0.05) is 30.6 Å². The molecule has 1 aliphatic rings.